The number of aliphatic carboxylic acids is 1. The number of rotatable bonds is 11. The summed E-state index contributed by atoms with van der Waals surface area (Å²) in [7, 11) is 1.47. The van der Waals surface area contributed by atoms with Crippen LogP contribution < -0.4 is 57.2 Å². The molecule has 91 heavy (non-hydrogen) atoms. The molecule has 5 unspecified atom stereocenters. The second-order valence-electron chi connectivity index (χ2n) is 22.2. The maximum atomic E-state index is 15.8. The van der Waals surface area contributed by atoms with Crippen LogP contribution in [-0.4, -0.2) is 167 Å². The fourth-order valence-electron chi connectivity index (χ4n) is 10.7. The lowest BCUT2D eigenvalue weighted by Crippen LogP contribution is -2.60. The Balaban J connectivity index is 1.32. The van der Waals surface area contributed by atoms with E-state index in [0.717, 1.165) is 66.7 Å². The summed E-state index contributed by atoms with van der Waals surface area (Å²) in [6.45, 7) is 2.69. The molecule has 0 radical (unpaired) electrons. The molecular weight excluding hydrogens is 1240 g/mol. The number of hydrogen-bond donors (Lipinski definition) is 18. The number of phenolic OH excluding ortho intramolecular Hbond substituents is 3. The highest BCUT2D eigenvalue weighted by Crippen LogP contribution is 2.49. The average molecular weight is 1310 g/mol. The minimum absolute atomic E-state index is 0.0825. The van der Waals surface area contributed by atoms with Crippen molar-refractivity contribution in [2.75, 3.05) is 13.7 Å². The molecule has 6 aliphatic rings. The number of carbonyl (C=O) groups is 8. The molecule has 5 aromatic carbocycles. The number of phenols is 3. The molecule has 11 bridgehead atoms. The topological polar surface area (TPSA) is 486 Å². The molecule has 0 spiro atoms. The zero-order chi connectivity index (χ0) is 66.2. The van der Waals surface area contributed by atoms with Crippen LogP contribution in [-0.2, 0) is 43.1 Å². The van der Waals surface area contributed by atoms with Gasteiger partial charge in [0.25, 0.3) is 0 Å². The summed E-state index contributed by atoms with van der Waals surface area (Å²) in [5.41, 5.74) is 2.90. The monoisotopic (exact) mass is 1300 g/mol. The maximum absolute atomic E-state index is 15.8. The minimum atomic E-state index is -2.31. The number of likely N-dealkylation sites (N-methyl/N-ethyl adjacent to an activating group) is 1. The smallest absolute Gasteiger partial charge is 0.330 e. The highest BCUT2D eigenvalue weighted by atomic mass is 35.5. The van der Waals surface area contributed by atoms with Crippen molar-refractivity contribution in [3.63, 3.8) is 0 Å². The molecule has 30 nitrogen and oxygen atoms in total. The van der Waals surface area contributed by atoms with Crippen LogP contribution in [0.3, 0.4) is 0 Å². The van der Waals surface area contributed by atoms with Gasteiger partial charge in [-0.15, -0.1) is 0 Å². The first-order valence-electron chi connectivity index (χ1n) is 27.9. The Bertz CT molecular complexity index is 3730. The number of primary amides is 1. The molecule has 0 aromatic heterocycles. The van der Waals surface area contributed by atoms with Crippen LogP contribution in [0.5, 0.6) is 46.0 Å². The van der Waals surface area contributed by atoms with Crippen molar-refractivity contribution in [1.29, 1.82) is 0 Å². The summed E-state index contributed by atoms with van der Waals surface area (Å²) >= 11 is 13.8. The highest BCUT2D eigenvalue weighted by molar-refractivity contribution is 6.32. The Labute approximate surface area is 525 Å². The summed E-state index contributed by atoms with van der Waals surface area (Å²) in [5, 5.41) is 128. The molecule has 0 saturated carbocycles. The van der Waals surface area contributed by atoms with Gasteiger partial charge in [0.15, 0.2) is 17.5 Å². The van der Waals surface area contributed by atoms with Gasteiger partial charge in [-0.05, 0) is 96.2 Å². The third kappa shape index (κ3) is 14.0. The number of benzene rings is 5. The van der Waals surface area contributed by atoms with E-state index >= 15 is 14.4 Å². The van der Waals surface area contributed by atoms with Crippen molar-refractivity contribution in [3.05, 3.63) is 117 Å². The lowest BCUT2D eigenvalue weighted by atomic mass is 9.89. The molecule has 1 saturated heterocycles. The predicted molar refractivity (Wildman–Crippen MR) is 313 cm³/mol. The molecule has 6 heterocycles. The van der Waals surface area contributed by atoms with Crippen molar-refractivity contribution in [2.24, 2.45) is 11.7 Å². The van der Waals surface area contributed by atoms with Crippen molar-refractivity contribution >= 4 is 70.5 Å². The van der Waals surface area contributed by atoms with Crippen LogP contribution in [0.2, 0.25) is 10.0 Å². The van der Waals surface area contributed by atoms with Gasteiger partial charge in [0.05, 0.1) is 29.1 Å². The number of carboxylic acids is 1. The van der Waals surface area contributed by atoms with Gasteiger partial charge in [0.2, 0.25) is 53.4 Å². The fourth-order valence-corrected chi connectivity index (χ4v) is 11.2. The number of carboxylic acid groups (broad SMARTS) is 1. The van der Waals surface area contributed by atoms with Crippen LogP contribution >= 0.6 is 23.2 Å². The first-order chi connectivity index (χ1) is 43.1. The standard InChI is InChI=1S/C59H62Cl2N8O22/c1-20(2)10-30(63-3)52(80)68-44-46(75)22-5-8-34(28(60)12-22)88-36-14-24-15-37(51(36)91-59-50(79)49(78)48(77)38(19-70)90-59)89-35-9-6-23(13-29(35)61)47(76)45-57(85)67-43(58(86)87)27-16-25(71)17-33(73)40(27)26-11-21(4-7-32(26)72)41(54(82)69-45)66-55(83)42(24)65-53(81)31(18-39(62)74)64-56(44)84/h4-9,11-17,20,30-31,38,41-50,59,63,70-73,75-79H,10,18-19H2,1-3H3,(H2,62,74)(H,64,84)(H,65,81)(H,66,83)(H,67,85)(H,68,80)(H,69,82)(H,86,87)/t30-,31-,38?,41+,42+,43-,44+,45+,46+,47-,48?,49?,50?,59?/m0/s1. The molecule has 1 fully saturated rings. The number of fused-ring (bicyclic) bond motifs is 15. The van der Waals surface area contributed by atoms with E-state index in [-0.39, 0.29) is 45.6 Å². The van der Waals surface area contributed by atoms with Gasteiger partial charge in [-0.25, -0.2) is 4.79 Å². The first kappa shape index (κ1) is 66.3. The van der Waals surface area contributed by atoms with Gasteiger partial charge in [0.1, 0.15) is 95.6 Å². The van der Waals surface area contributed by atoms with E-state index in [1.807, 2.05) is 13.8 Å². The summed E-state index contributed by atoms with van der Waals surface area (Å²) in [4.78, 5) is 115. The first-order valence-corrected chi connectivity index (χ1v) is 28.7. The van der Waals surface area contributed by atoms with Gasteiger partial charge in [-0.3, -0.25) is 33.6 Å². The Morgan fingerprint density at radius 2 is 1.25 bits per heavy atom. The lowest BCUT2D eigenvalue weighted by Gasteiger charge is -2.39. The molecule has 32 heteroatoms. The normalized spacial score (nSPS) is 26.2. The van der Waals surface area contributed by atoms with E-state index in [4.69, 9.17) is 47.9 Å². The Hall–Kier alpha value is -9.08. The van der Waals surface area contributed by atoms with Crippen molar-refractivity contribution < 1.29 is 108 Å². The molecule has 5 aromatic rings. The number of aliphatic hydroxyl groups excluding tert-OH is 6. The van der Waals surface area contributed by atoms with Crippen molar-refractivity contribution in [2.45, 2.75) is 112 Å². The number of amides is 7. The van der Waals surface area contributed by atoms with Crippen LogP contribution in [0.4, 0.5) is 0 Å². The van der Waals surface area contributed by atoms with E-state index in [1.54, 1.807) is 0 Å². The molecule has 7 amide bonds. The number of aliphatic hydroxyl groups is 6. The fraction of sp³-hybridized carbons (Fsp3) is 0.356. The van der Waals surface area contributed by atoms with Gasteiger partial charge in [-0.1, -0.05) is 55.2 Å². The highest BCUT2D eigenvalue weighted by Gasteiger charge is 2.47. The van der Waals surface area contributed by atoms with E-state index in [1.165, 1.54) is 19.2 Å². The second-order valence-corrected chi connectivity index (χ2v) is 23.0. The van der Waals surface area contributed by atoms with Gasteiger partial charge >= 0.3 is 5.97 Å². The van der Waals surface area contributed by atoms with Crippen LogP contribution in [0.25, 0.3) is 11.1 Å². The summed E-state index contributed by atoms with van der Waals surface area (Å²) < 4.78 is 24.8. The van der Waals surface area contributed by atoms with Crippen molar-refractivity contribution in [3.8, 4) is 57.1 Å². The minimum Gasteiger partial charge on any atom is -0.508 e. The van der Waals surface area contributed by atoms with E-state index < -0.39 is 207 Å². The summed E-state index contributed by atoms with van der Waals surface area (Å²) in [6.07, 6.45) is -14.9. The summed E-state index contributed by atoms with van der Waals surface area (Å²) in [5.74, 6) is -15.8. The van der Waals surface area contributed by atoms with Crippen molar-refractivity contribution in [1.82, 2.24) is 37.2 Å². The maximum Gasteiger partial charge on any atom is 0.330 e. The largest absolute Gasteiger partial charge is 0.508 e. The summed E-state index contributed by atoms with van der Waals surface area (Å²) in [6, 6.07) is -0.613. The number of halogens is 2. The number of carbonyl (C=O) groups excluding carboxylic acids is 7. The van der Waals surface area contributed by atoms with Gasteiger partial charge in [0, 0.05) is 22.8 Å². The van der Waals surface area contributed by atoms with Gasteiger partial charge in [-0.2, -0.15) is 0 Å². The van der Waals surface area contributed by atoms with Crippen LogP contribution in [0.1, 0.15) is 84.8 Å². The van der Waals surface area contributed by atoms with E-state index in [2.05, 4.69) is 37.2 Å². The molecule has 11 rings (SSSR count). The Morgan fingerprint density at radius 1 is 0.659 bits per heavy atom. The number of ether oxygens (including phenoxy) is 4. The average Bonchev–Trinajstić information content (AvgIpc) is 0.790. The predicted octanol–water partition coefficient (Wildman–Crippen LogP) is -0.131. The van der Waals surface area contributed by atoms with Crippen LogP contribution in [0.15, 0.2) is 78.9 Å². The van der Waals surface area contributed by atoms with Crippen LogP contribution in [0, 0.1) is 5.92 Å². The van der Waals surface area contributed by atoms with E-state index in [0.29, 0.717) is 0 Å². The molecule has 14 atom stereocenters. The zero-order valence-electron chi connectivity index (χ0n) is 48.0. The quantitative estimate of drug-likeness (QED) is 0.0819. The molecular formula is C59H62Cl2N8O22. The Kier molecular flexibility index (Phi) is 19.8. The number of nitrogens with one attached hydrogen (secondary N) is 7. The second kappa shape index (κ2) is 27.2. The Morgan fingerprint density at radius 3 is 1.84 bits per heavy atom. The lowest BCUT2D eigenvalue weighted by molar-refractivity contribution is -0.277. The molecule has 19 N–H and O–H groups in total. The molecule has 0 aliphatic carbocycles. The molecule has 484 valence electrons. The number of aromatic hydroxyl groups is 3. The van der Waals surface area contributed by atoms with Gasteiger partial charge < -0.3 is 113 Å². The third-order valence-corrected chi connectivity index (χ3v) is 16.0. The number of nitrogens with two attached hydrogens (primary N) is 1. The zero-order valence-corrected chi connectivity index (χ0v) is 49.5. The SMILES string of the molecule is CN[C@@H](CC(C)C)C(=O)N[C@H]1C(=O)N[C@@H](CC(N)=O)C(=O)N[C@H]2C(=O)N[C@H]3C(=O)N[C@@H](C(=O)N[C@H](C(=O)O)c4cc(O)cc(O)c4-c4cc3ccc4O)[C@@H](O)c3ccc(c(Cl)c3)Oc3cc2cc(c3OC2OC(CO)C(O)C(O)C2O)Oc2ccc(cc2Cl)[C@H]1O. The van der Waals surface area contributed by atoms with E-state index in [9.17, 15) is 75.0 Å². The number of hydrogen-bond acceptors (Lipinski definition) is 22. The third-order valence-electron chi connectivity index (χ3n) is 15.4. The molecule has 6 aliphatic heterocycles.